The summed E-state index contributed by atoms with van der Waals surface area (Å²) in [5, 5.41) is 2.52. The van der Waals surface area contributed by atoms with E-state index >= 15 is 0 Å². The van der Waals surface area contributed by atoms with Gasteiger partial charge in [0.15, 0.2) is 11.5 Å². The molecule has 1 aliphatic rings. The molecule has 0 atom stereocenters. The number of carbonyl (C=O) groups excluding carboxylic acids is 1. The largest absolute Gasteiger partial charge is 0.454 e. The van der Waals surface area contributed by atoms with Gasteiger partial charge in [0, 0.05) is 11.8 Å². The maximum Gasteiger partial charge on any atom is 0.231 e. The van der Waals surface area contributed by atoms with Crippen LogP contribution < -0.4 is 14.8 Å². The van der Waals surface area contributed by atoms with E-state index in [1.54, 1.807) is 18.2 Å². The maximum absolute atomic E-state index is 10.1. The molecule has 0 radical (unpaired) electrons. The number of anilines is 1. The van der Waals surface area contributed by atoms with E-state index in [9.17, 15) is 4.79 Å². The first-order chi connectivity index (χ1) is 5.90. The van der Waals surface area contributed by atoms with Crippen LogP contribution in [0.5, 0.6) is 11.5 Å². The normalized spacial score (nSPS) is 12.7. The topological polar surface area (TPSA) is 47.6 Å². The number of ether oxygens (including phenoxy) is 2. The number of fused-ring (bicyclic) bond motifs is 1. The summed E-state index contributed by atoms with van der Waals surface area (Å²) in [5.74, 6) is 1.38. The summed E-state index contributed by atoms with van der Waals surface area (Å²) in [5.41, 5.74) is 0.703. The highest BCUT2D eigenvalue weighted by Crippen LogP contribution is 2.33. The Hall–Kier alpha value is -1.71. The zero-order valence-electron chi connectivity index (χ0n) is 6.24. The maximum atomic E-state index is 10.1. The summed E-state index contributed by atoms with van der Waals surface area (Å²) in [6, 6.07) is 5.23. The molecule has 0 aliphatic carbocycles. The zero-order valence-corrected chi connectivity index (χ0v) is 6.24. The van der Waals surface area contributed by atoms with E-state index in [0.29, 0.717) is 23.6 Å². The Labute approximate surface area is 69.1 Å². The van der Waals surface area contributed by atoms with Crippen molar-refractivity contribution in [3.8, 4) is 11.5 Å². The first-order valence-corrected chi connectivity index (χ1v) is 3.50. The second-order valence-electron chi connectivity index (χ2n) is 2.33. The van der Waals surface area contributed by atoms with Crippen LogP contribution in [0.3, 0.4) is 0 Å². The van der Waals surface area contributed by atoms with Gasteiger partial charge in [-0.3, -0.25) is 4.79 Å². The van der Waals surface area contributed by atoms with Crippen molar-refractivity contribution in [3.63, 3.8) is 0 Å². The smallest absolute Gasteiger partial charge is 0.231 e. The molecular formula is C8H7NO3. The van der Waals surface area contributed by atoms with E-state index in [-0.39, 0.29) is 6.79 Å². The van der Waals surface area contributed by atoms with E-state index in [2.05, 4.69) is 5.32 Å². The van der Waals surface area contributed by atoms with Crippen LogP contribution in [0.1, 0.15) is 0 Å². The van der Waals surface area contributed by atoms with Gasteiger partial charge in [0.05, 0.1) is 0 Å². The second-order valence-corrected chi connectivity index (χ2v) is 2.33. The van der Waals surface area contributed by atoms with Crippen molar-refractivity contribution < 1.29 is 14.3 Å². The molecule has 0 unspecified atom stereocenters. The van der Waals surface area contributed by atoms with Crippen molar-refractivity contribution in [3.05, 3.63) is 18.2 Å². The van der Waals surface area contributed by atoms with Gasteiger partial charge < -0.3 is 14.8 Å². The first-order valence-electron chi connectivity index (χ1n) is 3.50. The van der Waals surface area contributed by atoms with Crippen molar-refractivity contribution in [2.45, 2.75) is 0 Å². The van der Waals surface area contributed by atoms with Crippen LogP contribution in [0.15, 0.2) is 18.2 Å². The van der Waals surface area contributed by atoms with Gasteiger partial charge in [-0.05, 0) is 12.1 Å². The Morgan fingerprint density at radius 1 is 1.33 bits per heavy atom. The van der Waals surface area contributed by atoms with Crippen LogP contribution in [0.25, 0.3) is 0 Å². The minimum Gasteiger partial charge on any atom is -0.454 e. The monoisotopic (exact) mass is 165 g/mol. The molecule has 0 bridgehead atoms. The molecule has 62 valence electrons. The van der Waals surface area contributed by atoms with Crippen molar-refractivity contribution >= 4 is 12.1 Å². The fourth-order valence-corrected chi connectivity index (χ4v) is 1.05. The van der Waals surface area contributed by atoms with Gasteiger partial charge in [0.1, 0.15) is 0 Å². The predicted octanol–water partition coefficient (Wildman–Crippen LogP) is 0.984. The lowest BCUT2D eigenvalue weighted by atomic mass is 10.3. The van der Waals surface area contributed by atoms with E-state index < -0.39 is 0 Å². The minimum atomic E-state index is 0.250. The lowest BCUT2D eigenvalue weighted by Crippen LogP contribution is -1.93. The molecule has 0 aromatic heterocycles. The van der Waals surface area contributed by atoms with Crippen molar-refractivity contribution in [1.82, 2.24) is 0 Å². The van der Waals surface area contributed by atoms with E-state index in [4.69, 9.17) is 9.47 Å². The van der Waals surface area contributed by atoms with E-state index in [0.717, 1.165) is 0 Å². The summed E-state index contributed by atoms with van der Waals surface area (Å²) in [4.78, 5) is 10.1. The van der Waals surface area contributed by atoms with Gasteiger partial charge in [0.2, 0.25) is 13.2 Å². The summed E-state index contributed by atoms with van der Waals surface area (Å²) in [7, 11) is 0. The SMILES string of the molecule is O=CNc1ccc2c(c1)OCO2. The minimum absolute atomic E-state index is 0.250. The molecule has 1 aromatic carbocycles. The first kappa shape index (κ1) is 6.97. The van der Waals surface area contributed by atoms with Gasteiger partial charge >= 0.3 is 0 Å². The number of carbonyl (C=O) groups is 1. The van der Waals surface area contributed by atoms with Crippen molar-refractivity contribution in [1.29, 1.82) is 0 Å². The highest BCUT2D eigenvalue weighted by Gasteiger charge is 2.12. The Morgan fingerprint density at radius 3 is 3.00 bits per heavy atom. The molecule has 1 amide bonds. The third kappa shape index (κ3) is 1.07. The Balaban J connectivity index is 2.32. The molecule has 1 aromatic rings. The number of nitrogens with one attached hydrogen (secondary N) is 1. The van der Waals surface area contributed by atoms with Gasteiger partial charge in [0.25, 0.3) is 0 Å². The molecule has 12 heavy (non-hydrogen) atoms. The molecule has 1 N–H and O–H groups in total. The van der Waals surface area contributed by atoms with Crippen molar-refractivity contribution in [2.24, 2.45) is 0 Å². The third-order valence-corrected chi connectivity index (χ3v) is 1.60. The highest BCUT2D eigenvalue weighted by molar-refractivity contribution is 5.72. The number of benzene rings is 1. The number of amides is 1. The Kier molecular flexibility index (Phi) is 1.59. The number of hydrogen-bond acceptors (Lipinski definition) is 3. The predicted molar refractivity (Wildman–Crippen MR) is 42.3 cm³/mol. The molecule has 0 spiro atoms. The third-order valence-electron chi connectivity index (χ3n) is 1.60. The van der Waals surface area contributed by atoms with Crippen LogP contribution in [-0.2, 0) is 4.79 Å². The van der Waals surface area contributed by atoms with Crippen LogP contribution >= 0.6 is 0 Å². The van der Waals surface area contributed by atoms with Gasteiger partial charge in [-0.15, -0.1) is 0 Å². The second kappa shape index (κ2) is 2.73. The van der Waals surface area contributed by atoms with Crippen LogP contribution in [0.4, 0.5) is 5.69 Å². The average molecular weight is 165 g/mol. The summed E-state index contributed by atoms with van der Waals surface area (Å²) < 4.78 is 10.2. The Bertz CT molecular complexity index is 311. The van der Waals surface area contributed by atoms with Gasteiger partial charge in [-0.2, -0.15) is 0 Å². The lowest BCUT2D eigenvalue weighted by Gasteiger charge is -1.99. The van der Waals surface area contributed by atoms with Crippen LogP contribution in [0, 0.1) is 0 Å². The molecule has 0 fully saturated rings. The fourth-order valence-electron chi connectivity index (χ4n) is 1.05. The number of hydrogen-bond donors (Lipinski definition) is 1. The highest BCUT2D eigenvalue weighted by atomic mass is 16.7. The molecule has 4 nitrogen and oxygen atoms in total. The van der Waals surface area contributed by atoms with Gasteiger partial charge in [-0.1, -0.05) is 0 Å². The average Bonchev–Trinajstić information content (AvgIpc) is 2.51. The van der Waals surface area contributed by atoms with Crippen LogP contribution in [-0.4, -0.2) is 13.2 Å². The molecule has 1 heterocycles. The van der Waals surface area contributed by atoms with E-state index in [1.807, 2.05) is 0 Å². The number of rotatable bonds is 2. The summed E-state index contributed by atoms with van der Waals surface area (Å²) in [6.45, 7) is 0.250. The van der Waals surface area contributed by atoms with Crippen LogP contribution in [0.2, 0.25) is 0 Å². The summed E-state index contributed by atoms with van der Waals surface area (Å²) in [6.07, 6.45) is 0.623. The zero-order chi connectivity index (χ0) is 8.39. The molecule has 0 saturated heterocycles. The standard InChI is InChI=1S/C8H7NO3/c10-4-9-6-1-2-7-8(3-6)12-5-11-7/h1-4H,5H2,(H,9,10). The van der Waals surface area contributed by atoms with Crippen molar-refractivity contribution in [2.75, 3.05) is 12.1 Å². The van der Waals surface area contributed by atoms with Gasteiger partial charge in [-0.25, -0.2) is 0 Å². The molecule has 2 rings (SSSR count). The lowest BCUT2D eigenvalue weighted by molar-refractivity contribution is -0.105. The molecule has 1 aliphatic heterocycles. The Morgan fingerprint density at radius 2 is 2.17 bits per heavy atom. The van der Waals surface area contributed by atoms with E-state index in [1.165, 1.54) is 0 Å². The fraction of sp³-hybridized carbons (Fsp3) is 0.125. The summed E-state index contributed by atoms with van der Waals surface area (Å²) >= 11 is 0. The molecule has 4 heteroatoms. The quantitative estimate of drug-likeness (QED) is 0.664. The molecule has 0 saturated carbocycles. The molecular weight excluding hydrogens is 158 g/mol.